The van der Waals surface area contributed by atoms with Crippen LogP contribution in [0.1, 0.15) is 22.5 Å². The van der Waals surface area contributed by atoms with Crippen LogP contribution in [0, 0.1) is 13.8 Å². The van der Waals surface area contributed by atoms with Gasteiger partial charge >= 0.3 is 6.18 Å². The summed E-state index contributed by atoms with van der Waals surface area (Å²) in [6.07, 6.45) is -4.47. The normalized spacial score (nSPS) is 12.3. The lowest BCUT2D eigenvalue weighted by atomic mass is 10.1. The van der Waals surface area contributed by atoms with Crippen molar-refractivity contribution >= 4 is 11.6 Å². The lowest BCUT2D eigenvalue weighted by Crippen LogP contribution is -2.22. The molecule has 23 heavy (non-hydrogen) atoms. The summed E-state index contributed by atoms with van der Waals surface area (Å²) in [5.74, 6) is 0.120. The highest BCUT2D eigenvalue weighted by atomic mass is 19.4. The van der Waals surface area contributed by atoms with Crippen LogP contribution < -0.4 is 11.1 Å². The summed E-state index contributed by atoms with van der Waals surface area (Å²) < 4.78 is 37.8. The number of hydrogen-bond donors (Lipinski definition) is 2. The second-order valence-electron chi connectivity index (χ2n) is 5.21. The Balaban J connectivity index is 2.07. The Morgan fingerprint density at radius 1 is 1.17 bits per heavy atom. The third-order valence-electron chi connectivity index (χ3n) is 3.00. The molecule has 0 fully saturated rings. The van der Waals surface area contributed by atoms with E-state index in [-0.39, 0.29) is 18.2 Å². The first-order valence-electron chi connectivity index (χ1n) is 6.92. The highest BCUT2D eigenvalue weighted by Gasteiger charge is 2.32. The molecule has 0 aliphatic rings. The fraction of sp³-hybridized carbons (Fsp3) is 0.250. The van der Waals surface area contributed by atoms with E-state index in [0.29, 0.717) is 0 Å². The Kier molecular flexibility index (Phi) is 4.88. The first-order valence-corrected chi connectivity index (χ1v) is 6.92. The van der Waals surface area contributed by atoms with Crippen molar-refractivity contribution in [2.75, 3.05) is 5.32 Å². The lowest BCUT2D eigenvalue weighted by Gasteiger charge is -2.09. The van der Waals surface area contributed by atoms with Gasteiger partial charge in [0.25, 0.3) is 0 Å². The van der Waals surface area contributed by atoms with Crippen LogP contribution in [0.3, 0.4) is 0 Å². The smallest absolute Gasteiger partial charge is 0.370 e. The largest absolute Gasteiger partial charge is 0.433 e. The Hall–Kier alpha value is -2.57. The number of aryl methyl sites for hydroxylation is 2. The van der Waals surface area contributed by atoms with Crippen LogP contribution in [0.2, 0.25) is 0 Å². The molecule has 2 aromatic rings. The number of halogens is 3. The number of pyridine rings is 1. The van der Waals surface area contributed by atoms with Gasteiger partial charge in [0.1, 0.15) is 5.69 Å². The van der Waals surface area contributed by atoms with E-state index in [1.54, 1.807) is 0 Å². The molecule has 0 saturated heterocycles. The van der Waals surface area contributed by atoms with Crippen LogP contribution in [0.5, 0.6) is 0 Å². The van der Waals surface area contributed by atoms with E-state index in [0.717, 1.165) is 22.9 Å². The van der Waals surface area contributed by atoms with Crippen molar-refractivity contribution in [3.05, 3.63) is 58.9 Å². The van der Waals surface area contributed by atoms with E-state index < -0.39 is 11.9 Å². The summed E-state index contributed by atoms with van der Waals surface area (Å²) in [7, 11) is 0. The van der Waals surface area contributed by atoms with Gasteiger partial charge in [0.2, 0.25) is 0 Å². The lowest BCUT2D eigenvalue weighted by molar-refractivity contribution is -0.141. The average molecular weight is 322 g/mol. The molecule has 1 aromatic carbocycles. The minimum atomic E-state index is -4.47. The van der Waals surface area contributed by atoms with Crippen LogP contribution in [0.25, 0.3) is 0 Å². The quantitative estimate of drug-likeness (QED) is 0.670. The zero-order valence-electron chi connectivity index (χ0n) is 12.8. The molecule has 7 heteroatoms. The maximum Gasteiger partial charge on any atom is 0.433 e. The molecule has 0 unspecified atom stereocenters. The molecule has 0 amide bonds. The highest BCUT2D eigenvalue weighted by molar-refractivity contribution is 5.92. The van der Waals surface area contributed by atoms with Gasteiger partial charge in [0, 0.05) is 5.69 Å². The Morgan fingerprint density at radius 2 is 1.83 bits per heavy atom. The number of nitrogens with zero attached hydrogens (tertiary/aromatic N) is 2. The second kappa shape index (κ2) is 6.68. The minimum Gasteiger partial charge on any atom is -0.370 e. The summed E-state index contributed by atoms with van der Waals surface area (Å²) in [5, 5.41) is 2.92. The molecule has 0 saturated carbocycles. The first-order chi connectivity index (χ1) is 10.7. The first kappa shape index (κ1) is 16.8. The van der Waals surface area contributed by atoms with Crippen molar-refractivity contribution in [3.8, 4) is 0 Å². The zero-order valence-corrected chi connectivity index (χ0v) is 12.8. The van der Waals surface area contributed by atoms with Crippen molar-refractivity contribution in [2.45, 2.75) is 26.6 Å². The van der Waals surface area contributed by atoms with Gasteiger partial charge in [-0.1, -0.05) is 12.1 Å². The number of benzene rings is 1. The molecule has 0 spiro atoms. The number of aliphatic imine (C=N–C) groups is 1. The van der Waals surface area contributed by atoms with Crippen LogP contribution in [-0.2, 0) is 12.7 Å². The number of alkyl halides is 3. The maximum atomic E-state index is 12.6. The Labute approximate surface area is 132 Å². The number of nitrogens with one attached hydrogen (secondary N) is 1. The summed E-state index contributed by atoms with van der Waals surface area (Å²) in [4.78, 5) is 7.56. The van der Waals surface area contributed by atoms with E-state index in [2.05, 4.69) is 15.3 Å². The molecule has 0 radical (unpaired) electrons. The summed E-state index contributed by atoms with van der Waals surface area (Å²) in [5.41, 5.74) is 7.94. The molecule has 0 aliphatic carbocycles. The molecule has 0 aliphatic heterocycles. The molecule has 3 N–H and O–H groups in total. The van der Waals surface area contributed by atoms with Gasteiger partial charge in [-0.3, -0.25) is 0 Å². The molecule has 1 heterocycles. The van der Waals surface area contributed by atoms with Crippen LogP contribution in [0.15, 0.2) is 41.4 Å². The topological polar surface area (TPSA) is 63.3 Å². The average Bonchev–Trinajstić information content (AvgIpc) is 2.43. The summed E-state index contributed by atoms with van der Waals surface area (Å²) in [6.45, 7) is 3.88. The van der Waals surface area contributed by atoms with E-state index in [9.17, 15) is 13.2 Å². The summed E-state index contributed by atoms with van der Waals surface area (Å²) >= 11 is 0. The highest BCUT2D eigenvalue weighted by Crippen LogP contribution is 2.27. The fourth-order valence-electron chi connectivity index (χ4n) is 2.13. The predicted molar refractivity (Wildman–Crippen MR) is 84.1 cm³/mol. The molecular formula is C16H17F3N4. The fourth-order valence-corrected chi connectivity index (χ4v) is 2.13. The third-order valence-corrected chi connectivity index (χ3v) is 3.00. The van der Waals surface area contributed by atoms with Gasteiger partial charge in [0.05, 0.1) is 12.2 Å². The third kappa shape index (κ3) is 4.98. The van der Waals surface area contributed by atoms with E-state index in [1.165, 1.54) is 12.1 Å². The molecule has 122 valence electrons. The number of nitrogens with two attached hydrogens (primary N) is 1. The van der Waals surface area contributed by atoms with Crippen molar-refractivity contribution < 1.29 is 13.2 Å². The van der Waals surface area contributed by atoms with E-state index >= 15 is 0 Å². The minimum absolute atomic E-state index is 0.0342. The van der Waals surface area contributed by atoms with Gasteiger partial charge < -0.3 is 11.1 Å². The number of rotatable bonds is 3. The number of anilines is 1. The zero-order chi connectivity index (χ0) is 17.0. The van der Waals surface area contributed by atoms with Gasteiger partial charge in [-0.05, 0) is 49.2 Å². The predicted octanol–water partition coefficient (Wildman–Crippen LogP) is 3.64. The number of aromatic nitrogens is 1. The van der Waals surface area contributed by atoms with Crippen LogP contribution in [0.4, 0.5) is 18.9 Å². The number of hydrogen-bond acceptors (Lipinski definition) is 2. The Morgan fingerprint density at radius 3 is 2.43 bits per heavy atom. The van der Waals surface area contributed by atoms with Gasteiger partial charge in [0.15, 0.2) is 5.96 Å². The Bertz CT molecular complexity index is 703. The molecule has 0 atom stereocenters. The van der Waals surface area contributed by atoms with Crippen LogP contribution in [-0.4, -0.2) is 10.9 Å². The molecule has 4 nitrogen and oxygen atoms in total. The van der Waals surface area contributed by atoms with Gasteiger partial charge in [-0.2, -0.15) is 13.2 Å². The molecule has 2 rings (SSSR count). The van der Waals surface area contributed by atoms with Crippen LogP contribution >= 0.6 is 0 Å². The summed E-state index contributed by atoms with van der Waals surface area (Å²) in [6, 6.07) is 9.52. The molecule has 1 aromatic heterocycles. The molecular weight excluding hydrogens is 305 g/mol. The van der Waals surface area contributed by atoms with Gasteiger partial charge in [-0.25, -0.2) is 9.98 Å². The monoisotopic (exact) mass is 322 g/mol. The van der Waals surface area contributed by atoms with E-state index in [4.69, 9.17) is 5.73 Å². The molecule has 0 bridgehead atoms. The van der Waals surface area contributed by atoms with Crippen molar-refractivity contribution in [2.24, 2.45) is 10.7 Å². The standard InChI is InChI=1S/C16H17F3N4/c1-10-6-11(2)8-13(7-10)23-15(20)21-9-12-4-3-5-14(22-12)16(17,18)19/h3-8H,9H2,1-2H3,(H3,20,21,23). The maximum absolute atomic E-state index is 12.6. The van der Waals surface area contributed by atoms with Gasteiger partial charge in [-0.15, -0.1) is 0 Å². The van der Waals surface area contributed by atoms with Crippen molar-refractivity contribution in [1.82, 2.24) is 4.98 Å². The SMILES string of the molecule is Cc1cc(C)cc(NC(N)=NCc2cccc(C(F)(F)F)n2)c1. The second-order valence-corrected chi connectivity index (χ2v) is 5.21. The van der Waals surface area contributed by atoms with E-state index in [1.807, 2.05) is 32.0 Å². The van der Waals surface area contributed by atoms with Crippen molar-refractivity contribution in [3.63, 3.8) is 0 Å². The van der Waals surface area contributed by atoms with Crippen molar-refractivity contribution in [1.29, 1.82) is 0 Å². The number of guanidine groups is 1.